The molecule has 0 radical (unpaired) electrons. The topological polar surface area (TPSA) is 12.0 Å². The first-order valence-electron chi connectivity index (χ1n) is 6.92. The number of halogens is 3. The smallest absolute Gasteiger partial charge is 0.313 e. The van der Waals surface area contributed by atoms with Crippen molar-refractivity contribution in [3.05, 3.63) is 35.4 Å². The molecule has 1 aliphatic heterocycles. The highest BCUT2D eigenvalue weighted by molar-refractivity contribution is 5.39. The summed E-state index contributed by atoms with van der Waals surface area (Å²) in [5.41, 5.74) is 2.79. The number of rotatable bonds is 2. The molecule has 2 aliphatic rings. The second-order valence-corrected chi connectivity index (χ2v) is 5.76. The molecule has 3 rings (SSSR count). The van der Waals surface area contributed by atoms with Crippen LogP contribution in [-0.2, 0) is 6.42 Å². The lowest BCUT2D eigenvalue weighted by molar-refractivity contribution is -0.179. The highest BCUT2D eigenvalue weighted by atomic mass is 19.4. The molecule has 3 unspecified atom stereocenters. The molecule has 0 saturated carbocycles. The van der Waals surface area contributed by atoms with Crippen LogP contribution in [0.4, 0.5) is 13.2 Å². The average Bonchev–Trinajstić information content (AvgIpc) is 2.35. The van der Waals surface area contributed by atoms with Crippen molar-refractivity contribution in [1.82, 2.24) is 5.32 Å². The van der Waals surface area contributed by atoms with Crippen molar-refractivity contribution in [2.45, 2.75) is 43.8 Å². The van der Waals surface area contributed by atoms with Gasteiger partial charge in [0, 0.05) is 12.6 Å². The van der Waals surface area contributed by atoms with Crippen molar-refractivity contribution < 1.29 is 13.2 Å². The highest BCUT2D eigenvalue weighted by Crippen LogP contribution is 2.40. The molecule has 104 valence electrons. The third-order valence-electron chi connectivity index (χ3n) is 4.51. The second kappa shape index (κ2) is 4.82. The van der Waals surface area contributed by atoms with E-state index < -0.39 is 12.1 Å². The van der Waals surface area contributed by atoms with Crippen molar-refractivity contribution in [2.75, 3.05) is 6.54 Å². The Hall–Kier alpha value is -1.03. The number of piperidine rings is 1. The first-order chi connectivity index (χ1) is 9.04. The van der Waals surface area contributed by atoms with Crippen LogP contribution in [0.3, 0.4) is 0 Å². The van der Waals surface area contributed by atoms with E-state index in [0.29, 0.717) is 12.3 Å². The highest BCUT2D eigenvalue weighted by Gasteiger charge is 2.42. The van der Waals surface area contributed by atoms with E-state index >= 15 is 0 Å². The van der Waals surface area contributed by atoms with Gasteiger partial charge in [0.25, 0.3) is 0 Å². The van der Waals surface area contributed by atoms with E-state index in [0.717, 1.165) is 12.8 Å². The zero-order chi connectivity index (χ0) is 13.5. The van der Waals surface area contributed by atoms with Gasteiger partial charge in [-0.05, 0) is 42.7 Å². The number of nitrogens with one attached hydrogen (secondary N) is 1. The van der Waals surface area contributed by atoms with Gasteiger partial charge in [0.2, 0.25) is 0 Å². The molecule has 1 N–H and O–H groups in total. The van der Waals surface area contributed by atoms with Crippen molar-refractivity contribution in [1.29, 1.82) is 0 Å². The average molecular weight is 269 g/mol. The van der Waals surface area contributed by atoms with Gasteiger partial charge in [-0.2, -0.15) is 13.2 Å². The number of hydrogen-bond donors (Lipinski definition) is 1. The number of benzene rings is 1. The van der Waals surface area contributed by atoms with Crippen LogP contribution < -0.4 is 5.32 Å². The zero-order valence-electron chi connectivity index (χ0n) is 10.7. The van der Waals surface area contributed by atoms with Crippen LogP contribution in [0, 0.1) is 5.92 Å². The minimum atomic E-state index is -4.04. The zero-order valence-corrected chi connectivity index (χ0v) is 10.7. The summed E-state index contributed by atoms with van der Waals surface area (Å²) in [7, 11) is 0. The summed E-state index contributed by atoms with van der Waals surface area (Å²) in [5.74, 6) is -0.617. The first-order valence-corrected chi connectivity index (χ1v) is 6.92. The van der Waals surface area contributed by atoms with E-state index in [1.54, 1.807) is 0 Å². The fraction of sp³-hybridized carbons (Fsp3) is 0.600. The fourth-order valence-corrected chi connectivity index (χ4v) is 3.31. The Balaban J connectivity index is 1.52. The van der Waals surface area contributed by atoms with Crippen LogP contribution in [0.1, 0.15) is 36.3 Å². The molecule has 3 atom stereocenters. The Morgan fingerprint density at radius 1 is 1.16 bits per heavy atom. The molecule has 0 bridgehead atoms. The van der Waals surface area contributed by atoms with Crippen molar-refractivity contribution in [3.63, 3.8) is 0 Å². The Kier molecular flexibility index (Phi) is 3.29. The molecule has 4 heteroatoms. The van der Waals surface area contributed by atoms with Gasteiger partial charge >= 0.3 is 6.18 Å². The van der Waals surface area contributed by atoms with Gasteiger partial charge < -0.3 is 5.32 Å². The molecule has 0 amide bonds. The minimum Gasteiger partial charge on any atom is -0.313 e. The summed E-state index contributed by atoms with van der Waals surface area (Å²) in [6, 6.07) is 8.61. The molecule has 1 heterocycles. The van der Waals surface area contributed by atoms with Crippen molar-refractivity contribution >= 4 is 0 Å². The van der Waals surface area contributed by atoms with Crippen LogP contribution >= 0.6 is 0 Å². The molecule has 1 fully saturated rings. The second-order valence-electron chi connectivity index (χ2n) is 5.76. The lowest BCUT2D eigenvalue weighted by atomic mass is 9.73. The summed E-state index contributed by atoms with van der Waals surface area (Å²) in [4.78, 5) is 0. The van der Waals surface area contributed by atoms with Crippen LogP contribution in [0.25, 0.3) is 0 Å². The minimum absolute atomic E-state index is 0.0858. The Morgan fingerprint density at radius 2 is 1.95 bits per heavy atom. The maximum absolute atomic E-state index is 12.6. The van der Waals surface area contributed by atoms with E-state index in [2.05, 4.69) is 17.4 Å². The normalized spacial score (nSPS) is 30.6. The van der Waals surface area contributed by atoms with Gasteiger partial charge in [-0.1, -0.05) is 24.3 Å². The summed E-state index contributed by atoms with van der Waals surface area (Å²) in [6.07, 6.45) is -1.07. The molecular formula is C15H18F3N. The lowest BCUT2D eigenvalue weighted by Gasteiger charge is -2.37. The lowest BCUT2D eigenvalue weighted by Crippen LogP contribution is -2.45. The predicted molar refractivity (Wildman–Crippen MR) is 68.1 cm³/mol. The van der Waals surface area contributed by atoms with Gasteiger partial charge in [0.1, 0.15) is 0 Å². The van der Waals surface area contributed by atoms with Crippen molar-refractivity contribution in [3.8, 4) is 0 Å². The maximum Gasteiger partial charge on any atom is 0.393 e. The van der Waals surface area contributed by atoms with Crippen LogP contribution in [-0.4, -0.2) is 18.8 Å². The molecular weight excluding hydrogens is 251 g/mol. The molecule has 1 aromatic rings. The molecule has 0 spiro atoms. The Morgan fingerprint density at radius 3 is 2.58 bits per heavy atom. The Bertz CT molecular complexity index is 447. The third-order valence-corrected chi connectivity index (χ3v) is 4.51. The van der Waals surface area contributed by atoms with Crippen molar-refractivity contribution in [2.24, 2.45) is 5.92 Å². The van der Waals surface area contributed by atoms with Gasteiger partial charge in [0.05, 0.1) is 5.92 Å². The quantitative estimate of drug-likeness (QED) is 0.864. The van der Waals surface area contributed by atoms with Gasteiger partial charge in [0.15, 0.2) is 0 Å². The van der Waals surface area contributed by atoms with E-state index in [1.807, 2.05) is 12.1 Å². The molecule has 0 aromatic heterocycles. The number of alkyl halides is 3. The first kappa shape index (κ1) is 13.0. The van der Waals surface area contributed by atoms with E-state index in [1.165, 1.54) is 11.1 Å². The maximum atomic E-state index is 12.6. The molecule has 19 heavy (non-hydrogen) atoms. The largest absolute Gasteiger partial charge is 0.393 e. The van der Waals surface area contributed by atoms with Crippen LogP contribution in [0.2, 0.25) is 0 Å². The molecule has 1 nitrogen and oxygen atoms in total. The summed E-state index contributed by atoms with van der Waals surface area (Å²) in [5, 5.41) is 3.09. The predicted octanol–water partition coefficient (Wildman–Crippen LogP) is 3.65. The molecule has 1 aromatic carbocycles. The van der Waals surface area contributed by atoms with Gasteiger partial charge in [-0.3, -0.25) is 0 Å². The number of hydrogen-bond acceptors (Lipinski definition) is 1. The van der Waals surface area contributed by atoms with E-state index in [-0.39, 0.29) is 19.0 Å². The van der Waals surface area contributed by atoms with Crippen LogP contribution in [0.5, 0.6) is 0 Å². The third kappa shape index (κ3) is 2.64. The Labute approximate surface area is 111 Å². The summed E-state index contributed by atoms with van der Waals surface area (Å²) in [6.45, 7) is 0.0858. The monoisotopic (exact) mass is 269 g/mol. The summed E-state index contributed by atoms with van der Waals surface area (Å²) < 4.78 is 37.7. The van der Waals surface area contributed by atoms with Gasteiger partial charge in [-0.25, -0.2) is 0 Å². The molecule has 1 saturated heterocycles. The van der Waals surface area contributed by atoms with Gasteiger partial charge in [-0.15, -0.1) is 0 Å². The summed E-state index contributed by atoms with van der Waals surface area (Å²) >= 11 is 0. The fourth-order valence-electron chi connectivity index (χ4n) is 3.31. The SMILES string of the molecule is FC(F)(F)C1CCC(CC2Cc3ccccc32)NC1. The standard InChI is InChI=1S/C15H18F3N/c16-15(17,18)12-5-6-13(19-9-12)8-11-7-10-3-1-2-4-14(10)11/h1-4,11-13,19H,5-9H2. The number of fused-ring (bicyclic) bond motifs is 1. The molecule has 1 aliphatic carbocycles. The van der Waals surface area contributed by atoms with Crippen LogP contribution in [0.15, 0.2) is 24.3 Å². The van der Waals surface area contributed by atoms with E-state index in [4.69, 9.17) is 0 Å². The van der Waals surface area contributed by atoms with E-state index in [9.17, 15) is 13.2 Å².